The van der Waals surface area contributed by atoms with Gasteiger partial charge < -0.3 is 16.4 Å². The van der Waals surface area contributed by atoms with E-state index in [2.05, 4.69) is 35.6 Å². The monoisotopic (exact) mass is 424 g/mol. The van der Waals surface area contributed by atoms with Gasteiger partial charge in [0.25, 0.3) is 0 Å². The van der Waals surface area contributed by atoms with E-state index in [9.17, 15) is 14.0 Å². The van der Waals surface area contributed by atoms with Crippen molar-refractivity contribution in [2.24, 2.45) is 16.6 Å². The van der Waals surface area contributed by atoms with E-state index in [0.29, 0.717) is 31.8 Å². The van der Waals surface area contributed by atoms with Crippen molar-refractivity contribution in [3.63, 3.8) is 0 Å². The van der Waals surface area contributed by atoms with Crippen LogP contribution in [0.1, 0.15) is 45.6 Å². The Kier molecular flexibility index (Phi) is 6.79. The molecule has 0 aromatic carbocycles. The van der Waals surface area contributed by atoms with Gasteiger partial charge in [-0.1, -0.05) is 5.16 Å². The number of hydrogen-bond acceptors (Lipinski definition) is 8. The normalized spacial score (nSPS) is 16.3. The van der Waals surface area contributed by atoms with Crippen LogP contribution in [0.5, 0.6) is 0 Å². The van der Waals surface area contributed by atoms with Crippen LogP contribution in [-0.4, -0.2) is 51.2 Å². The van der Waals surface area contributed by atoms with Gasteiger partial charge in [-0.15, -0.1) is 0 Å². The summed E-state index contributed by atoms with van der Waals surface area (Å²) >= 11 is 0. The average Bonchev–Trinajstić information content (AvgIpc) is 3.23. The minimum absolute atomic E-state index is 0.0180. The van der Waals surface area contributed by atoms with E-state index in [1.165, 1.54) is 13.8 Å². The third-order valence-electron chi connectivity index (χ3n) is 4.76. The molecule has 164 valence electrons. The Morgan fingerprint density at radius 2 is 2.10 bits per heavy atom. The van der Waals surface area contributed by atoms with Crippen LogP contribution in [0.4, 0.5) is 10.2 Å². The first-order valence-corrected chi connectivity index (χ1v) is 9.76. The molecule has 30 heavy (non-hydrogen) atoms. The van der Waals surface area contributed by atoms with Gasteiger partial charge in [0, 0.05) is 19.5 Å². The zero-order valence-corrected chi connectivity index (χ0v) is 16.8. The number of carbonyl (C=O) groups excluding carboxylic acids is 1. The van der Waals surface area contributed by atoms with Gasteiger partial charge in [0.05, 0.1) is 6.04 Å². The first-order chi connectivity index (χ1) is 14.4. The second-order valence-corrected chi connectivity index (χ2v) is 7.27. The SMILES string of the molecule is CC([C@H](C)F)n1c(-c2nonc2NCCCN/C(N)=N/C(=O)CC2CC2)noc1=O. The summed E-state index contributed by atoms with van der Waals surface area (Å²) in [6, 6.07) is -0.808. The molecule has 4 N–H and O–H groups in total. The molecule has 2 aromatic rings. The minimum atomic E-state index is -1.31. The molecule has 0 radical (unpaired) electrons. The summed E-state index contributed by atoms with van der Waals surface area (Å²) in [5.74, 6) is -0.215. The maximum absolute atomic E-state index is 13.7. The lowest BCUT2D eigenvalue weighted by atomic mass is 10.2. The van der Waals surface area contributed by atoms with Crippen molar-refractivity contribution < 1.29 is 18.3 Å². The Hall–Kier alpha value is -3.25. The lowest BCUT2D eigenvalue weighted by Gasteiger charge is -2.13. The lowest BCUT2D eigenvalue weighted by Crippen LogP contribution is -2.34. The van der Waals surface area contributed by atoms with Gasteiger partial charge in [-0.25, -0.2) is 18.4 Å². The second kappa shape index (κ2) is 9.50. The molecule has 2 heterocycles. The number of amides is 1. The van der Waals surface area contributed by atoms with Crippen molar-refractivity contribution in [3.05, 3.63) is 10.6 Å². The van der Waals surface area contributed by atoms with Crippen molar-refractivity contribution in [2.75, 3.05) is 18.4 Å². The van der Waals surface area contributed by atoms with E-state index in [4.69, 9.17) is 10.4 Å². The Morgan fingerprint density at radius 1 is 1.33 bits per heavy atom. The van der Waals surface area contributed by atoms with E-state index in [-0.39, 0.29) is 29.2 Å². The molecule has 13 heteroatoms. The summed E-state index contributed by atoms with van der Waals surface area (Å²) < 4.78 is 24.2. The molecule has 0 bridgehead atoms. The van der Waals surface area contributed by atoms with Crippen LogP contribution >= 0.6 is 0 Å². The molecule has 12 nitrogen and oxygen atoms in total. The molecular weight excluding hydrogens is 399 g/mol. The minimum Gasteiger partial charge on any atom is -0.370 e. The molecule has 1 saturated carbocycles. The topological polar surface area (TPSA) is 166 Å². The number of nitrogens with zero attached hydrogens (tertiary/aromatic N) is 5. The second-order valence-electron chi connectivity index (χ2n) is 7.27. The summed E-state index contributed by atoms with van der Waals surface area (Å²) in [7, 11) is 0. The number of nitrogens with one attached hydrogen (secondary N) is 2. The molecule has 2 atom stereocenters. The molecular formula is C17H25FN8O4. The summed E-state index contributed by atoms with van der Waals surface area (Å²) in [4.78, 5) is 27.3. The maximum atomic E-state index is 13.7. The maximum Gasteiger partial charge on any atom is 0.442 e. The summed E-state index contributed by atoms with van der Waals surface area (Å²) in [6.45, 7) is 3.76. The van der Waals surface area contributed by atoms with Gasteiger partial charge >= 0.3 is 5.76 Å². The number of halogens is 1. The molecule has 1 unspecified atom stereocenters. The van der Waals surface area contributed by atoms with E-state index in [1.54, 1.807) is 0 Å². The van der Waals surface area contributed by atoms with Crippen molar-refractivity contribution in [1.82, 2.24) is 25.4 Å². The summed E-state index contributed by atoms with van der Waals surface area (Å²) in [6.07, 6.45) is 1.89. The molecule has 0 saturated heterocycles. The van der Waals surface area contributed by atoms with Gasteiger partial charge in [-0.3, -0.25) is 9.32 Å². The van der Waals surface area contributed by atoms with Gasteiger partial charge in [0.15, 0.2) is 11.7 Å². The smallest absolute Gasteiger partial charge is 0.370 e. The van der Waals surface area contributed by atoms with Gasteiger partial charge in [0.1, 0.15) is 6.17 Å². The van der Waals surface area contributed by atoms with Gasteiger partial charge in [0.2, 0.25) is 17.5 Å². The number of alkyl halides is 1. The van der Waals surface area contributed by atoms with E-state index < -0.39 is 18.0 Å². The fourth-order valence-electron chi connectivity index (χ4n) is 2.73. The Bertz CT molecular complexity index is 946. The predicted molar refractivity (Wildman–Crippen MR) is 104 cm³/mol. The first-order valence-electron chi connectivity index (χ1n) is 9.76. The number of rotatable bonds is 10. The van der Waals surface area contributed by atoms with Crippen molar-refractivity contribution in [3.8, 4) is 11.5 Å². The van der Waals surface area contributed by atoms with E-state index in [1.807, 2.05) is 0 Å². The van der Waals surface area contributed by atoms with Crippen LogP contribution in [-0.2, 0) is 4.79 Å². The molecule has 2 aromatic heterocycles. The zero-order chi connectivity index (χ0) is 21.7. The Balaban J connectivity index is 1.52. The van der Waals surface area contributed by atoms with Gasteiger partial charge in [-0.05, 0) is 49.3 Å². The lowest BCUT2D eigenvalue weighted by molar-refractivity contribution is -0.118. The molecule has 1 aliphatic carbocycles. The number of anilines is 1. The van der Waals surface area contributed by atoms with E-state index >= 15 is 0 Å². The van der Waals surface area contributed by atoms with Crippen LogP contribution in [0.3, 0.4) is 0 Å². The molecule has 3 rings (SSSR count). The molecule has 1 fully saturated rings. The average molecular weight is 424 g/mol. The molecule has 1 aliphatic rings. The fourth-order valence-corrected chi connectivity index (χ4v) is 2.73. The number of nitrogens with two attached hydrogens (primary N) is 1. The Labute approximate surface area is 171 Å². The van der Waals surface area contributed by atoms with E-state index in [0.717, 1.165) is 17.4 Å². The molecule has 0 spiro atoms. The highest BCUT2D eigenvalue weighted by molar-refractivity contribution is 5.92. The van der Waals surface area contributed by atoms with Crippen LogP contribution in [0, 0.1) is 5.92 Å². The standard InChI is InChI=1S/C17H25FN8O4/c1-9(18)10(2)26-15(25-29-17(26)28)13-14(24-30-23-13)20-6-3-7-21-16(19)22-12(27)8-11-4-5-11/h9-11H,3-8H2,1-2H3,(H,20,24)(H3,19,21,22,27)/t9-,10?/m0/s1. The molecule has 0 aliphatic heterocycles. The summed E-state index contributed by atoms with van der Waals surface area (Å²) in [5.41, 5.74) is 5.83. The number of aromatic nitrogens is 4. The van der Waals surface area contributed by atoms with Crippen LogP contribution < -0.4 is 22.1 Å². The highest BCUT2D eigenvalue weighted by Crippen LogP contribution is 2.32. The van der Waals surface area contributed by atoms with Crippen LogP contribution in [0.25, 0.3) is 11.5 Å². The Morgan fingerprint density at radius 3 is 2.80 bits per heavy atom. The van der Waals surface area contributed by atoms with Crippen molar-refractivity contribution >= 4 is 17.7 Å². The van der Waals surface area contributed by atoms with Gasteiger partial charge in [-0.2, -0.15) is 4.99 Å². The first kappa shape index (κ1) is 21.5. The van der Waals surface area contributed by atoms with Crippen molar-refractivity contribution in [2.45, 2.75) is 51.7 Å². The quantitative estimate of drug-likeness (QED) is 0.282. The third kappa shape index (κ3) is 5.42. The molecule has 1 amide bonds. The summed E-state index contributed by atoms with van der Waals surface area (Å²) in [5, 5.41) is 17.0. The van der Waals surface area contributed by atoms with Crippen LogP contribution in [0.15, 0.2) is 18.9 Å². The predicted octanol–water partition coefficient (Wildman–Crippen LogP) is 0.838. The largest absolute Gasteiger partial charge is 0.442 e. The number of hydrogen-bond donors (Lipinski definition) is 3. The number of aliphatic imine (C=N–C) groups is 1. The number of carbonyl (C=O) groups is 1. The fraction of sp³-hybridized carbons (Fsp3) is 0.647. The highest BCUT2D eigenvalue weighted by atomic mass is 19.1. The van der Waals surface area contributed by atoms with Crippen LogP contribution in [0.2, 0.25) is 0 Å². The van der Waals surface area contributed by atoms with Crippen molar-refractivity contribution in [1.29, 1.82) is 0 Å². The third-order valence-corrected chi connectivity index (χ3v) is 4.76. The highest BCUT2D eigenvalue weighted by Gasteiger charge is 2.27. The zero-order valence-electron chi connectivity index (χ0n) is 16.8. The number of guanidine groups is 1.